The van der Waals surface area contributed by atoms with Crippen molar-refractivity contribution in [3.8, 4) is 0 Å². The van der Waals surface area contributed by atoms with Gasteiger partial charge in [-0.25, -0.2) is 0 Å². The molecule has 0 unspecified atom stereocenters. The molecule has 0 aromatic rings. The van der Waals surface area contributed by atoms with Crippen LogP contribution >= 0.6 is 0 Å². The Morgan fingerprint density at radius 2 is 1.77 bits per heavy atom. The van der Waals surface area contributed by atoms with Crippen molar-refractivity contribution >= 4 is 0 Å². The van der Waals surface area contributed by atoms with Crippen LogP contribution in [0, 0.1) is 6.61 Å². The average Bonchev–Trinajstić information content (AvgIpc) is 1.99. The maximum absolute atomic E-state index is 9.12. The Morgan fingerprint density at radius 3 is 2.23 bits per heavy atom. The van der Waals surface area contributed by atoms with Crippen LogP contribution < -0.4 is 0 Å². The third-order valence-corrected chi connectivity index (χ3v) is 1.81. The van der Waals surface area contributed by atoms with E-state index >= 15 is 0 Å². The van der Waals surface area contributed by atoms with Gasteiger partial charge in [0.05, 0.1) is 0 Å². The molecule has 0 aliphatic carbocycles. The van der Waals surface area contributed by atoms with Gasteiger partial charge in [0.25, 0.3) is 0 Å². The number of aliphatic hydroxyl groups excluding tert-OH is 3. The summed E-state index contributed by atoms with van der Waals surface area (Å²) >= 11 is 0. The molecule has 0 spiro atoms. The molecular formula is C6H11O7. The van der Waals surface area contributed by atoms with Crippen molar-refractivity contribution < 1.29 is 35.4 Å². The molecule has 1 fully saturated rings. The zero-order valence-corrected chi connectivity index (χ0v) is 6.48. The highest BCUT2D eigenvalue weighted by molar-refractivity contribution is 4.97. The Morgan fingerprint density at radius 1 is 1.23 bits per heavy atom. The predicted octanol–water partition coefficient (Wildman–Crippen LogP) is -3.74. The van der Waals surface area contributed by atoms with Gasteiger partial charge in [-0.1, -0.05) is 0 Å². The predicted molar refractivity (Wildman–Crippen MR) is 36.6 cm³/mol. The van der Waals surface area contributed by atoms with Crippen molar-refractivity contribution in [3.05, 3.63) is 6.61 Å². The topological polar surface area (TPSA) is 131 Å². The fraction of sp³-hybridized carbons (Fsp3) is 0.833. The monoisotopic (exact) mass is 195 g/mol. The van der Waals surface area contributed by atoms with Gasteiger partial charge >= 0.3 is 0 Å². The molecule has 1 radical (unpaired) electrons. The van der Waals surface area contributed by atoms with E-state index in [2.05, 4.69) is 4.74 Å². The van der Waals surface area contributed by atoms with E-state index in [9.17, 15) is 0 Å². The zero-order valence-electron chi connectivity index (χ0n) is 6.48. The molecule has 6 N–H and O–H groups in total. The van der Waals surface area contributed by atoms with Crippen LogP contribution in [0.15, 0.2) is 0 Å². The Bertz CT molecular complexity index is 180. The second-order valence-electron chi connectivity index (χ2n) is 2.82. The molecule has 7 nitrogen and oxygen atoms in total. The third-order valence-electron chi connectivity index (χ3n) is 1.81. The smallest absolute Gasteiger partial charge is 0.224 e. The van der Waals surface area contributed by atoms with Crippen LogP contribution in [0.25, 0.3) is 0 Å². The molecule has 1 rings (SSSR count). The van der Waals surface area contributed by atoms with Crippen LogP contribution in [0.4, 0.5) is 0 Å². The Labute approximate surface area is 73.4 Å². The van der Waals surface area contributed by atoms with Crippen molar-refractivity contribution in [2.75, 3.05) is 0 Å². The molecule has 13 heavy (non-hydrogen) atoms. The standard InChI is InChI=1S/C6H11O7/c7-2-1-13-4(5(9)10)6(11,12)3(2)8/h1-5,7-12H/t2-,3+,4+/m0/s1. The summed E-state index contributed by atoms with van der Waals surface area (Å²) in [6.07, 6.45) is -7.53. The zero-order chi connectivity index (χ0) is 10.2. The van der Waals surface area contributed by atoms with Crippen molar-refractivity contribution in [1.82, 2.24) is 0 Å². The number of aliphatic hydroxyl groups is 6. The van der Waals surface area contributed by atoms with Gasteiger partial charge in [-0.15, -0.1) is 0 Å². The molecule has 1 saturated heterocycles. The van der Waals surface area contributed by atoms with Crippen LogP contribution in [0.1, 0.15) is 0 Å². The molecule has 77 valence electrons. The molecule has 1 aliphatic rings. The maximum atomic E-state index is 9.12. The van der Waals surface area contributed by atoms with Gasteiger partial charge in [-0.3, -0.25) is 0 Å². The van der Waals surface area contributed by atoms with Crippen molar-refractivity contribution in [2.24, 2.45) is 0 Å². The summed E-state index contributed by atoms with van der Waals surface area (Å²) in [6, 6.07) is 0. The normalized spacial score (nSPS) is 39.5. The lowest BCUT2D eigenvalue weighted by atomic mass is 9.95. The van der Waals surface area contributed by atoms with E-state index in [1.165, 1.54) is 0 Å². The molecule has 0 aromatic carbocycles. The quantitative estimate of drug-likeness (QED) is 0.237. The summed E-state index contributed by atoms with van der Waals surface area (Å²) in [4.78, 5) is 0. The minimum atomic E-state index is -2.90. The van der Waals surface area contributed by atoms with Crippen LogP contribution in [-0.2, 0) is 4.74 Å². The lowest BCUT2D eigenvalue weighted by Gasteiger charge is -2.41. The first-order valence-electron chi connectivity index (χ1n) is 3.53. The molecule has 0 saturated carbocycles. The van der Waals surface area contributed by atoms with Gasteiger partial charge in [0, 0.05) is 0 Å². The molecule has 1 aliphatic heterocycles. The Kier molecular flexibility index (Phi) is 2.88. The van der Waals surface area contributed by atoms with E-state index in [4.69, 9.17) is 30.6 Å². The van der Waals surface area contributed by atoms with E-state index < -0.39 is 30.4 Å². The van der Waals surface area contributed by atoms with E-state index in [1.807, 2.05) is 0 Å². The maximum Gasteiger partial charge on any atom is 0.224 e. The molecule has 1 heterocycles. The van der Waals surface area contributed by atoms with Crippen LogP contribution in [0.5, 0.6) is 0 Å². The highest BCUT2D eigenvalue weighted by Crippen LogP contribution is 2.27. The average molecular weight is 195 g/mol. The summed E-state index contributed by atoms with van der Waals surface area (Å²) in [5, 5.41) is 53.4. The molecule has 0 bridgehead atoms. The van der Waals surface area contributed by atoms with E-state index in [-0.39, 0.29) is 0 Å². The number of hydrogen-bond acceptors (Lipinski definition) is 7. The van der Waals surface area contributed by atoms with Crippen molar-refractivity contribution in [3.63, 3.8) is 0 Å². The van der Waals surface area contributed by atoms with Gasteiger partial charge in [0.1, 0.15) is 18.8 Å². The fourth-order valence-corrected chi connectivity index (χ4v) is 1.05. The van der Waals surface area contributed by atoms with Crippen molar-refractivity contribution in [2.45, 2.75) is 30.4 Å². The van der Waals surface area contributed by atoms with Gasteiger partial charge in [0.15, 0.2) is 12.4 Å². The van der Waals surface area contributed by atoms with E-state index in [0.29, 0.717) is 6.61 Å². The lowest BCUT2D eigenvalue weighted by molar-refractivity contribution is -0.350. The van der Waals surface area contributed by atoms with Gasteiger partial charge in [-0.05, 0) is 0 Å². The fourth-order valence-electron chi connectivity index (χ4n) is 1.05. The minimum Gasteiger partial charge on any atom is -0.387 e. The first kappa shape index (κ1) is 10.8. The van der Waals surface area contributed by atoms with Crippen molar-refractivity contribution in [1.29, 1.82) is 0 Å². The lowest BCUT2D eigenvalue weighted by Crippen LogP contribution is -2.64. The first-order chi connectivity index (χ1) is 5.87. The Balaban J connectivity index is 2.79. The SMILES string of the molecule is OC(O)[C@H]1O[CH][C@H](O)[C@@H](O)C1(O)O. The van der Waals surface area contributed by atoms with Gasteiger partial charge in [-0.2, -0.15) is 0 Å². The van der Waals surface area contributed by atoms with Crippen LogP contribution in [-0.4, -0.2) is 61.0 Å². The molecular weight excluding hydrogens is 184 g/mol. The number of rotatable bonds is 1. The highest BCUT2D eigenvalue weighted by Gasteiger charge is 2.52. The summed E-state index contributed by atoms with van der Waals surface area (Å²) < 4.78 is 4.40. The highest BCUT2D eigenvalue weighted by atomic mass is 16.6. The van der Waals surface area contributed by atoms with Gasteiger partial charge in [0.2, 0.25) is 5.79 Å². The molecule has 0 amide bonds. The summed E-state index contributed by atoms with van der Waals surface area (Å²) in [7, 11) is 0. The molecule has 0 aromatic heterocycles. The number of ether oxygens (including phenoxy) is 1. The third kappa shape index (κ3) is 1.81. The molecule has 7 heteroatoms. The second-order valence-corrected chi connectivity index (χ2v) is 2.82. The van der Waals surface area contributed by atoms with Gasteiger partial charge < -0.3 is 35.4 Å². The number of hydrogen-bond donors (Lipinski definition) is 6. The minimum absolute atomic E-state index is 0.694. The summed E-state index contributed by atoms with van der Waals surface area (Å²) in [5.74, 6) is -2.90. The second kappa shape index (κ2) is 3.46. The van der Waals surface area contributed by atoms with Crippen LogP contribution in [0.2, 0.25) is 0 Å². The summed E-state index contributed by atoms with van der Waals surface area (Å²) in [6.45, 7) is 0.694. The summed E-state index contributed by atoms with van der Waals surface area (Å²) in [5.41, 5.74) is 0. The molecule has 3 atom stereocenters. The van der Waals surface area contributed by atoms with E-state index in [1.54, 1.807) is 0 Å². The van der Waals surface area contributed by atoms with E-state index in [0.717, 1.165) is 0 Å². The van der Waals surface area contributed by atoms with Crippen LogP contribution in [0.3, 0.4) is 0 Å². The first-order valence-corrected chi connectivity index (χ1v) is 3.53. The largest absolute Gasteiger partial charge is 0.387 e. The Hall–Kier alpha value is -0.280.